The summed E-state index contributed by atoms with van der Waals surface area (Å²) in [5, 5.41) is 2.98. The molecule has 0 aromatic heterocycles. The van der Waals surface area contributed by atoms with Gasteiger partial charge in [0.1, 0.15) is 5.75 Å². The van der Waals surface area contributed by atoms with Gasteiger partial charge in [0.05, 0.1) is 4.90 Å². The Balaban J connectivity index is 1.63. The van der Waals surface area contributed by atoms with Crippen molar-refractivity contribution in [2.75, 3.05) is 12.8 Å². The summed E-state index contributed by atoms with van der Waals surface area (Å²) in [5.74, 6) is -0.626. The van der Waals surface area contributed by atoms with Crippen LogP contribution in [0.4, 0.5) is 0 Å². The summed E-state index contributed by atoms with van der Waals surface area (Å²) >= 11 is -2.24. The molecule has 2 aromatic rings. The summed E-state index contributed by atoms with van der Waals surface area (Å²) in [6, 6.07) is 13.7. The summed E-state index contributed by atoms with van der Waals surface area (Å²) in [6.07, 6.45) is 3.25. The third-order valence-corrected chi connectivity index (χ3v) is 10.8. The largest absolute Gasteiger partial charge is 0.768 e. The Labute approximate surface area is 237 Å². The summed E-state index contributed by atoms with van der Waals surface area (Å²) < 4.78 is 48.4. The summed E-state index contributed by atoms with van der Waals surface area (Å²) in [7, 11) is -1.69. The molecule has 1 heterocycles. The predicted molar refractivity (Wildman–Crippen MR) is 155 cm³/mol. The van der Waals surface area contributed by atoms with Gasteiger partial charge in [-0.1, -0.05) is 38.1 Å². The van der Waals surface area contributed by atoms with Crippen molar-refractivity contribution in [1.82, 2.24) is 10.2 Å². The predicted octanol–water partition coefficient (Wildman–Crippen LogP) is 5.15. The van der Waals surface area contributed by atoms with Gasteiger partial charge < -0.3 is 9.87 Å². The Morgan fingerprint density at radius 3 is 2.03 bits per heavy atom. The molecule has 216 valence electrons. The van der Waals surface area contributed by atoms with E-state index in [0.29, 0.717) is 0 Å². The number of hydrogen-bond acceptors (Lipinski definition) is 6. The Hall–Kier alpha value is -2.07. The van der Waals surface area contributed by atoms with Crippen LogP contribution in [-0.2, 0) is 25.7 Å². The molecule has 1 N–H and O–H groups in total. The first kappa shape index (κ1) is 31.5. The highest BCUT2D eigenvalue weighted by molar-refractivity contribution is 7.92. The van der Waals surface area contributed by atoms with Gasteiger partial charge in [-0.25, -0.2) is 8.42 Å². The number of piperidine rings is 1. The van der Waals surface area contributed by atoms with Gasteiger partial charge in [-0.05, 0) is 119 Å². The summed E-state index contributed by atoms with van der Waals surface area (Å²) in [4.78, 5) is 15.5. The molecule has 1 amide bonds. The van der Waals surface area contributed by atoms with Gasteiger partial charge in [0.15, 0.2) is 9.84 Å². The van der Waals surface area contributed by atoms with E-state index in [1.807, 2.05) is 24.3 Å². The number of nitrogens with one attached hydrogen (secondary N) is 1. The number of sulfone groups is 1. The van der Waals surface area contributed by atoms with Gasteiger partial charge in [0, 0.05) is 22.0 Å². The lowest BCUT2D eigenvalue weighted by molar-refractivity contribution is -0.120. The molecule has 1 saturated heterocycles. The van der Waals surface area contributed by atoms with Crippen LogP contribution in [-0.4, -0.2) is 57.9 Å². The van der Waals surface area contributed by atoms with E-state index >= 15 is 0 Å². The number of carbonyl (C=O) groups excluding carboxylic acids is 1. The zero-order chi connectivity index (χ0) is 29.2. The highest BCUT2D eigenvalue weighted by Crippen LogP contribution is 2.37. The molecule has 9 heteroatoms. The van der Waals surface area contributed by atoms with Gasteiger partial charge in [0.2, 0.25) is 5.91 Å². The maximum absolute atomic E-state index is 13.0. The first-order chi connectivity index (χ1) is 18.1. The van der Waals surface area contributed by atoms with Crippen molar-refractivity contribution in [3.63, 3.8) is 0 Å². The average Bonchev–Trinajstić information content (AvgIpc) is 2.85. The summed E-state index contributed by atoms with van der Waals surface area (Å²) in [5.41, 5.74) is 1.88. The van der Waals surface area contributed by atoms with Gasteiger partial charge in [-0.3, -0.25) is 13.9 Å². The SMILES string of the molecule is CCC(CC(C)c1ccc(S(=O)(=O)CC(=O)NC2CC(C)(C)N(C)C(C)(C)C2)cc1)c1ccc(S(=O)[O-])cc1. The minimum Gasteiger partial charge on any atom is -0.768 e. The zero-order valence-corrected chi connectivity index (χ0v) is 25.8. The van der Waals surface area contributed by atoms with Gasteiger partial charge >= 0.3 is 0 Å². The van der Waals surface area contributed by atoms with Crippen LogP contribution in [0.1, 0.15) is 90.2 Å². The van der Waals surface area contributed by atoms with E-state index < -0.39 is 32.6 Å². The van der Waals surface area contributed by atoms with Crippen LogP contribution >= 0.6 is 0 Å². The lowest BCUT2D eigenvalue weighted by Crippen LogP contribution is -2.62. The van der Waals surface area contributed by atoms with E-state index in [-0.39, 0.29) is 38.7 Å². The first-order valence-corrected chi connectivity index (χ1v) is 16.3. The van der Waals surface area contributed by atoms with E-state index in [2.05, 4.69) is 58.8 Å². The molecule has 1 aliphatic heterocycles. The number of hydrogen-bond donors (Lipinski definition) is 1. The number of likely N-dealkylation sites (tertiary alicyclic amines) is 1. The molecule has 1 aliphatic rings. The lowest BCUT2D eigenvalue weighted by atomic mass is 9.77. The molecule has 3 unspecified atom stereocenters. The zero-order valence-electron chi connectivity index (χ0n) is 24.2. The minimum absolute atomic E-state index is 0.0812. The fourth-order valence-corrected chi connectivity index (χ4v) is 7.46. The number of rotatable bonds is 10. The Morgan fingerprint density at radius 2 is 1.54 bits per heavy atom. The van der Waals surface area contributed by atoms with E-state index in [0.717, 1.165) is 36.8 Å². The van der Waals surface area contributed by atoms with Crippen LogP contribution in [0, 0.1) is 0 Å². The molecule has 39 heavy (non-hydrogen) atoms. The second-order valence-electron chi connectivity index (χ2n) is 12.2. The first-order valence-electron chi connectivity index (χ1n) is 13.6. The molecule has 3 atom stereocenters. The molecule has 2 aromatic carbocycles. The highest BCUT2D eigenvalue weighted by atomic mass is 32.2. The molecule has 0 spiro atoms. The van der Waals surface area contributed by atoms with Crippen LogP contribution in [0.3, 0.4) is 0 Å². The fourth-order valence-electron chi connectivity index (χ4n) is 5.95. The monoisotopic (exact) mass is 575 g/mol. The third-order valence-electron chi connectivity index (χ3n) is 8.48. The fraction of sp³-hybridized carbons (Fsp3) is 0.567. The highest BCUT2D eigenvalue weighted by Gasteiger charge is 2.43. The third kappa shape index (κ3) is 7.78. The van der Waals surface area contributed by atoms with Crippen molar-refractivity contribution in [2.24, 2.45) is 0 Å². The normalized spacial score (nSPS) is 20.2. The van der Waals surface area contributed by atoms with E-state index in [1.165, 1.54) is 0 Å². The lowest BCUT2D eigenvalue weighted by Gasteiger charge is -2.53. The Kier molecular flexibility index (Phi) is 9.85. The Bertz CT molecular complexity index is 1250. The van der Waals surface area contributed by atoms with Crippen LogP contribution in [0.5, 0.6) is 0 Å². The molecule has 0 radical (unpaired) electrons. The number of nitrogens with zero attached hydrogens (tertiary/aromatic N) is 1. The van der Waals surface area contributed by atoms with Crippen LogP contribution in [0.25, 0.3) is 0 Å². The Morgan fingerprint density at radius 1 is 1.03 bits per heavy atom. The molecule has 3 rings (SSSR count). The molecular weight excluding hydrogens is 532 g/mol. The molecular formula is C30H43N2O5S2-. The van der Waals surface area contributed by atoms with Crippen molar-refractivity contribution in [3.8, 4) is 0 Å². The minimum atomic E-state index is -3.78. The maximum Gasteiger partial charge on any atom is 0.235 e. The average molecular weight is 576 g/mol. The van der Waals surface area contributed by atoms with Crippen LogP contribution in [0.2, 0.25) is 0 Å². The topological polar surface area (TPSA) is 107 Å². The van der Waals surface area contributed by atoms with E-state index in [4.69, 9.17) is 0 Å². The smallest absolute Gasteiger partial charge is 0.235 e. The standard InChI is InChI=1S/C30H44N2O5S2/c1-8-22(24-9-13-26(14-10-24)38(34)35)17-21(2)23-11-15-27(16-12-23)39(36,37)20-28(33)31-25-18-29(3,4)32(7)30(5,6)19-25/h9-16,21-22,25H,8,17-20H2,1-7H3,(H,31,33)(H,34,35)/p-1. The number of amides is 1. The van der Waals surface area contributed by atoms with E-state index in [1.54, 1.807) is 24.3 Å². The quantitative estimate of drug-likeness (QED) is 0.393. The number of carbonyl (C=O) groups is 1. The molecule has 0 saturated carbocycles. The van der Waals surface area contributed by atoms with Crippen molar-refractivity contribution in [2.45, 2.75) is 106 Å². The summed E-state index contributed by atoms with van der Waals surface area (Å²) in [6.45, 7) is 12.8. The van der Waals surface area contributed by atoms with Crippen molar-refractivity contribution < 1.29 is 22.0 Å². The second-order valence-corrected chi connectivity index (χ2v) is 15.2. The van der Waals surface area contributed by atoms with Gasteiger partial charge in [-0.15, -0.1) is 0 Å². The molecule has 0 aliphatic carbocycles. The van der Waals surface area contributed by atoms with Crippen LogP contribution < -0.4 is 5.32 Å². The maximum atomic E-state index is 13.0. The van der Waals surface area contributed by atoms with E-state index in [9.17, 15) is 22.0 Å². The van der Waals surface area contributed by atoms with Crippen LogP contribution in [0.15, 0.2) is 58.3 Å². The van der Waals surface area contributed by atoms with Gasteiger partial charge in [-0.2, -0.15) is 0 Å². The van der Waals surface area contributed by atoms with Crippen molar-refractivity contribution >= 4 is 26.8 Å². The van der Waals surface area contributed by atoms with Crippen molar-refractivity contribution in [3.05, 3.63) is 59.7 Å². The molecule has 1 fully saturated rings. The van der Waals surface area contributed by atoms with Crippen molar-refractivity contribution in [1.29, 1.82) is 0 Å². The molecule has 7 nitrogen and oxygen atoms in total. The number of benzene rings is 2. The second kappa shape index (κ2) is 12.2. The molecule has 0 bridgehead atoms. The van der Waals surface area contributed by atoms with Gasteiger partial charge in [0.25, 0.3) is 0 Å².